The Morgan fingerprint density at radius 2 is 0.742 bits per heavy atom. The molecule has 0 atom stereocenters. The van der Waals surface area contributed by atoms with Gasteiger partial charge < -0.3 is 18.6 Å². The van der Waals surface area contributed by atoms with E-state index in [9.17, 15) is 0 Å². The van der Waals surface area contributed by atoms with Gasteiger partial charge in [-0.15, -0.1) is 0 Å². The van der Waals surface area contributed by atoms with Crippen LogP contribution in [-0.2, 0) is 16.2 Å². The van der Waals surface area contributed by atoms with Gasteiger partial charge in [-0.05, 0) is 161 Å². The Morgan fingerprint density at radius 1 is 0.309 bits per heavy atom. The van der Waals surface area contributed by atoms with Gasteiger partial charge in [0.25, 0.3) is 0 Å². The second kappa shape index (κ2) is 23.0. The first-order valence-electron chi connectivity index (χ1n) is 34.0. The predicted octanol–water partition coefficient (Wildman–Crippen LogP) is 22.2. The molecule has 14 aromatic carbocycles. The fraction of sp³-hybridized carbons (Fsp3) is 0.109. The summed E-state index contributed by atoms with van der Waals surface area (Å²) in [5.41, 5.74) is 19.4. The maximum absolute atomic E-state index is 7.45. The molecule has 0 saturated heterocycles. The van der Waals surface area contributed by atoms with Crippen LogP contribution >= 0.6 is 0 Å². The summed E-state index contributed by atoms with van der Waals surface area (Å²) in [5, 5.41) is 11.9. The number of nitrogens with zero attached hydrogens (tertiary/aromatic N) is 2. The lowest BCUT2D eigenvalue weighted by molar-refractivity contribution is 0.590. The van der Waals surface area contributed by atoms with Gasteiger partial charge in [-0.1, -0.05) is 296 Å². The van der Waals surface area contributed by atoms with E-state index in [1.54, 1.807) is 0 Å². The van der Waals surface area contributed by atoms with Gasteiger partial charge in [0.2, 0.25) is 0 Å². The third-order valence-corrected chi connectivity index (χ3v) is 25.4. The van der Waals surface area contributed by atoms with Crippen LogP contribution in [0, 0.1) is 6.92 Å². The summed E-state index contributed by atoms with van der Waals surface area (Å²) in [5.74, 6) is 0. The van der Waals surface area contributed by atoms with Crippen LogP contribution in [0.3, 0.4) is 0 Å². The van der Waals surface area contributed by atoms with Gasteiger partial charge >= 0.3 is 0 Å². The molecule has 0 unspecified atom stereocenters. The second-order valence-corrected chi connectivity index (χ2v) is 32.2. The van der Waals surface area contributed by atoms with Gasteiger partial charge in [-0.3, -0.25) is 0 Å². The van der Waals surface area contributed by atoms with Crippen molar-refractivity contribution in [3.05, 3.63) is 360 Å². The van der Waals surface area contributed by atoms with E-state index in [4.69, 9.17) is 8.83 Å². The minimum atomic E-state index is -2.91. The number of aryl methyl sites for hydroxylation is 1. The normalized spacial score (nSPS) is 13.0. The van der Waals surface area contributed by atoms with Gasteiger partial charge in [-0.25, -0.2) is 0 Å². The molecule has 0 fully saturated rings. The largest absolute Gasteiger partial charge is 0.454 e. The lowest BCUT2D eigenvalue weighted by Crippen LogP contribution is -2.74. The Hall–Kier alpha value is -11.2. The molecule has 2 aromatic heterocycles. The molecule has 2 heterocycles. The number of fused-ring (bicyclic) bond motifs is 11. The first-order valence-corrected chi connectivity index (χ1v) is 36.0. The highest BCUT2D eigenvalue weighted by Crippen LogP contribution is 2.61. The molecule has 5 heteroatoms. The Morgan fingerprint density at radius 3 is 1.26 bits per heavy atom. The molecule has 17 rings (SSSR count). The Labute approximate surface area is 569 Å². The Kier molecular flexibility index (Phi) is 14.1. The van der Waals surface area contributed by atoms with Crippen molar-refractivity contribution in [3.8, 4) is 11.1 Å². The standard InChI is InChI=1S/C92H74N2O2Si/c1-61-43-55-85-78(57-61)75-39-25-41-82(88(75)95-85)93(66-48-44-62(45-49-66)90(2,3)4)68-52-54-77-80(58-68)92(64-27-13-8-14-28-64,65-29-15-9-16-30-65)81-60-84(73-37-23-24-38-74(73)87(77)81)94(67-50-46-63(47-51-67)91(5,6)7)83-42-26-40-76-79-59-72(53-56-86(79)96-89(76)83)97(69-31-17-10-18-32-69,70-33-19-11-20-34-70)71-35-21-12-22-36-71/h8-60H,1-7H3. The van der Waals surface area contributed by atoms with Crippen LogP contribution in [0.25, 0.3) is 65.8 Å². The number of para-hydroxylation sites is 2. The van der Waals surface area contributed by atoms with Crippen molar-refractivity contribution in [1.29, 1.82) is 0 Å². The monoisotopic (exact) mass is 1270 g/mol. The number of rotatable bonds is 12. The summed E-state index contributed by atoms with van der Waals surface area (Å²) in [7, 11) is -2.91. The van der Waals surface area contributed by atoms with Crippen molar-refractivity contribution in [2.45, 2.75) is 64.7 Å². The number of benzene rings is 14. The summed E-state index contributed by atoms with van der Waals surface area (Å²) in [4.78, 5) is 4.91. The minimum Gasteiger partial charge on any atom is -0.454 e. The highest BCUT2D eigenvalue weighted by Gasteiger charge is 2.48. The third-order valence-electron chi connectivity index (χ3n) is 20.6. The fourth-order valence-corrected chi connectivity index (χ4v) is 20.8. The molecule has 0 radical (unpaired) electrons. The number of furan rings is 2. The zero-order valence-electron chi connectivity index (χ0n) is 55.8. The maximum Gasteiger partial charge on any atom is 0.179 e. The molecule has 0 saturated carbocycles. The van der Waals surface area contributed by atoms with Gasteiger partial charge in [-0.2, -0.15) is 0 Å². The second-order valence-electron chi connectivity index (χ2n) is 28.4. The molecule has 4 nitrogen and oxygen atoms in total. The molecule has 0 aliphatic heterocycles. The SMILES string of the molecule is Cc1ccc2oc3c(N(c4ccc(C(C)(C)C)cc4)c4ccc5c(c4)C(c4ccccc4)(c4ccccc4)c4cc(N(c6ccc(C(C)(C)C)cc6)c6cccc7c6oc6ccc([Si](c8ccccc8)(c8ccccc8)c8ccccc8)cc67)c6ccccc6c4-5)cccc3c2c1. The van der Waals surface area contributed by atoms with Crippen molar-refractivity contribution in [1.82, 2.24) is 0 Å². The van der Waals surface area contributed by atoms with E-state index in [-0.39, 0.29) is 10.8 Å². The van der Waals surface area contributed by atoms with E-state index in [2.05, 4.69) is 380 Å². The number of anilines is 6. The molecule has 0 N–H and O–H groups in total. The van der Waals surface area contributed by atoms with Crippen LogP contribution in [0.5, 0.6) is 0 Å². The first-order chi connectivity index (χ1) is 47.3. The average molecular weight is 1270 g/mol. The molecule has 468 valence electrons. The van der Waals surface area contributed by atoms with Crippen molar-refractivity contribution < 1.29 is 8.83 Å². The van der Waals surface area contributed by atoms with E-state index in [0.717, 1.165) is 88.8 Å². The van der Waals surface area contributed by atoms with E-state index in [1.807, 2.05) is 0 Å². The van der Waals surface area contributed by atoms with E-state index < -0.39 is 13.5 Å². The van der Waals surface area contributed by atoms with Gasteiger partial charge in [0.1, 0.15) is 11.2 Å². The molecule has 1 aliphatic carbocycles. The van der Waals surface area contributed by atoms with Gasteiger partial charge in [0.15, 0.2) is 19.2 Å². The fourth-order valence-electron chi connectivity index (χ4n) is 16.0. The Balaban J connectivity index is 0.930. The van der Waals surface area contributed by atoms with Crippen molar-refractivity contribution in [2.75, 3.05) is 9.80 Å². The van der Waals surface area contributed by atoms with Crippen LogP contribution < -0.4 is 30.5 Å². The van der Waals surface area contributed by atoms with Crippen molar-refractivity contribution in [2.24, 2.45) is 0 Å². The van der Waals surface area contributed by atoms with Gasteiger partial charge in [0, 0.05) is 44.0 Å². The quantitative estimate of drug-likeness (QED) is 0.0901. The van der Waals surface area contributed by atoms with E-state index in [1.165, 1.54) is 70.8 Å². The summed E-state index contributed by atoms with van der Waals surface area (Å²) >= 11 is 0. The summed E-state index contributed by atoms with van der Waals surface area (Å²) in [6.07, 6.45) is 0. The topological polar surface area (TPSA) is 32.8 Å². The number of hydrogen-bond acceptors (Lipinski definition) is 4. The molecule has 0 bridgehead atoms. The van der Waals surface area contributed by atoms with Crippen molar-refractivity contribution in [3.63, 3.8) is 0 Å². The third kappa shape index (κ3) is 9.53. The molecule has 0 amide bonds. The van der Waals surface area contributed by atoms with E-state index in [0.29, 0.717) is 0 Å². The van der Waals surface area contributed by atoms with Crippen LogP contribution in [0.4, 0.5) is 34.1 Å². The first kappa shape index (κ1) is 59.5. The molecule has 97 heavy (non-hydrogen) atoms. The van der Waals surface area contributed by atoms with Crippen molar-refractivity contribution >= 4 is 118 Å². The molecule has 1 aliphatic rings. The summed E-state index contributed by atoms with van der Waals surface area (Å²) in [6.45, 7) is 15.9. The maximum atomic E-state index is 7.45. The zero-order valence-corrected chi connectivity index (χ0v) is 56.8. The highest BCUT2D eigenvalue weighted by molar-refractivity contribution is 7.20. The Bertz CT molecular complexity index is 5510. The summed E-state index contributed by atoms with van der Waals surface area (Å²) < 4.78 is 14.5. The molecule has 0 spiro atoms. The predicted molar refractivity (Wildman–Crippen MR) is 411 cm³/mol. The van der Waals surface area contributed by atoms with Crippen LogP contribution in [0.1, 0.15) is 80.5 Å². The summed E-state index contributed by atoms with van der Waals surface area (Å²) in [6, 6.07) is 120. The number of hydrogen-bond donors (Lipinski definition) is 0. The lowest BCUT2D eigenvalue weighted by Gasteiger charge is -2.36. The molecular formula is C92H74N2O2Si. The van der Waals surface area contributed by atoms with Crippen LogP contribution in [-0.4, -0.2) is 8.07 Å². The van der Waals surface area contributed by atoms with E-state index >= 15 is 0 Å². The highest BCUT2D eigenvalue weighted by atomic mass is 28.3. The smallest absolute Gasteiger partial charge is 0.179 e. The van der Waals surface area contributed by atoms with Crippen LogP contribution in [0.15, 0.2) is 330 Å². The minimum absolute atomic E-state index is 0.0383. The zero-order chi connectivity index (χ0) is 65.8. The molecule has 16 aromatic rings. The lowest BCUT2D eigenvalue weighted by atomic mass is 9.67. The average Bonchev–Trinajstić information content (AvgIpc) is 1.48. The van der Waals surface area contributed by atoms with Gasteiger partial charge in [0.05, 0.1) is 22.5 Å². The van der Waals surface area contributed by atoms with Crippen LogP contribution in [0.2, 0.25) is 0 Å². The molecular weight excluding hydrogens is 1190 g/mol.